The molecule has 0 bridgehead atoms. The van der Waals surface area contributed by atoms with E-state index in [1.165, 1.54) is 18.5 Å². The zero-order valence-electron chi connectivity index (χ0n) is 18.8. The first kappa shape index (κ1) is 22.7. The summed E-state index contributed by atoms with van der Waals surface area (Å²) in [7, 11) is 0. The molecule has 0 radical (unpaired) electrons. The maximum atomic E-state index is 14.6. The number of halogens is 2. The molecular formula is C25H25ClFN5O2. The number of nitrogen functional groups attached to an aromatic ring is 1. The monoisotopic (exact) mass is 481 g/mol. The summed E-state index contributed by atoms with van der Waals surface area (Å²) in [4.78, 5) is 13.0. The molecular weight excluding hydrogens is 457 g/mol. The first-order valence-corrected chi connectivity index (χ1v) is 11.5. The second-order valence-corrected chi connectivity index (χ2v) is 9.45. The Morgan fingerprint density at radius 2 is 1.94 bits per heavy atom. The smallest absolute Gasteiger partial charge is 0.144 e. The number of nitrogens with zero attached hydrogens (tertiary/aromatic N) is 4. The summed E-state index contributed by atoms with van der Waals surface area (Å²) >= 11 is 5.97. The lowest BCUT2D eigenvalue weighted by atomic mass is 10.0. The van der Waals surface area contributed by atoms with Gasteiger partial charge in [-0.1, -0.05) is 31.5 Å². The highest BCUT2D eigenvalue weighted by atomic mass is 35.5. The van der Waals surface area contributed by atoms with Gasteiger partial charge < -0.3 is 20.5 Å². The first-order chi connectivity index (χ1) is 16.2. The van der Waals surface area contributed by atoms with Gasteiger partial charge in [0, 0.05) is 17.0 Å². The molecule has 3 heterocycles. The van der Waals surface area contributed by atoms with Gasteiger partial charge in [-0.05, 0) is 54.2 Å². The number of aliphatic hydroxyl groups is 2. The average molecular weight is 482 g/mol. The second kappa shape index (κ2) is 8.61. The predicted octanol–water partition coefficient (Wildman–Crippen LogP) is 4.31. The molecule has 4 N–H and O–H groups in total. The van der Waals surface area contributed by atoms with Crippen LogP contribution in [0.25, 0.3) is 21.9 Å². The lowest BCUT2D eigenvalue weighted by Gasteiger charge is -2.20. The fourth-order valence-electron chi connectivity index (χ4n) is 4.70. The average Bonchev–Trinajstić information content (AvgIpc) is 3.34. The molecule has 34 heavy (non-hydrogen) atoms. The Bertz CT molecular complexity index is 1430. The molecule has 0 saturated carbocycles. The maximum Gasteiger partial charge on any atom is 0.144 e. The fourth-order valence-corrected chi connectivity index (χ4v) is 4.85. The molecule has 1 aromatic carbocycles. The zero-order valence-corrected chi connectivity index (χ0v) is 19.5. The number of fused-ring (bicyclic) bond motifs is 2. The van der Waals surface area contributed by atoms with Gasteiger partial charge in [0.1, 0.15) is 35.8 Å². The first-order valence-electron chi connectivity index (χ1n) is 11.2. The number of rotatable bonds is 5. The van der Waals surface area contributed by atoms with Gasteiger partial charge in [-0.25, -0.2) is 19.3 Å². The Balaban J connectivity index is 1.42. The van der Waals surface area contributed by atoms with E-state index in [1.54, 1.807) is 6.07 Å². The van der Waals surface area contributed by atoms with Crippen molar-refractivity contribution in [3.8, 4) is 0 Å². The molecule has 1 aliphatic carbocycles. The van der Waals surface area contributed by atoms with Gasteiger partial charge >= 0.3 is 0 Å². The fraction of sp³-hybridized carbons (Fsp3) is 0.320. The van der Waals surface area contributed by atoms with Crippen LogP contribution < -0.4 is 5.73 Å². The van der Waals surface area contributed by atoms with Gasteiger partial charge in [-0.2, -0.15) is 0 Å². The Kier molecular flexibility index (Phi) is 5.75. The minimum Gasteiger partial charge on any atom is -0.388 e. The lowest BCUT2D eigenvalue weighted by Crippen LogP contribution is -2.29. The van der Waals surface area contributed by atoms with Gasteiger partial charge in [0.15, 0.2) is 0 Å². The molecule has 0 aliphatic heterocycles. The van der Waals surface area contributed by atoms with Crippen LogP contribution in [0.15, 0.2) is 48.4 Å². The van der Waals surface area contributed by atoms with Crippen molar-refractivity contribution in [3.63, 3.8) is 0 Å². The molecule has 3 atom stereocenters. The predicted molar refractivity (Wildman–Crippen MR) is 130 cm³/mol. The van der Waals surface area contributed by atoms with E-state index in [1.807, 2.05) is 22.9 Å². The molecule has 5 rings (SSSR count). The molecule has 4 aromatic rings. The number of aliphatic hydroxyl groups excluding tert-OH is 2. The molecule has 0 fully saturated rings. The number of nitrogens with two attached hydrogens (primary N) is 1. The standard InChI is InChI=1S/C25H25ClFN5O2/c1-12(2)21-15-5-6-32(25(15)30-11-29-21)20-9-14(22(33)23(20)34)4-3-13-7-18(27)16-10-17(26)24(28)31-19(16)8-13/h5-12,20,22-23,33-34H,3-4H2,1-2H3,(H2,28,31). The minimum absolute atomic E-state index is 0.147. The van der Waals surface area contributed by atoms with E-state index in [0.717, 1.165) is 11.1 Å². The number of aromatic nitrogens is 4. The molecule has 7 nitrogen and oxygen atoms in total. The van der Waals surface area contributed by atoms with Gasteiger partial charge in [0.2, 0.25) is 0 Å². The topological polar surface area (TPSA) is 110 Å². The van der Waals surface area contributed by atoms with Crippen molar-refractivity contribution in [2.24, 2.45) is 0 Å². The molecule has 3 aromatic heterocycles. The van der Waals surface area contributed by atoms with E-state index in [9.17, 15) is 14.6 Å². The Morgan fingerprint density at radius 1 is 1.15 bits per heavy atom. The Labute approximate surface area is 200 Å². The van der Waals surface area contributed by atoms with Crippen molar-refractivity contribution in [1.82, 2.24) is 19.5 Å². The number of hydrogen-bond acceptors (Lipinski definition) is 6. The molecule has 0 amide bonds. The van der Waals surface area contributed by atoms with Crippen LogP contribution in [-0.2, 0) is 6.42 Å². The lowest BCUT2D eigenvalue weighted by molar-refractivity contribution is 0.0317. The van der Waals surface area contributed by atoms with E-state index in [2.05, 4.69) is 28.8 Å². The summed E-state index contributed by atoms with van der Waals surface area (Å²) < 4.78 is 16.5. The summed E-state index contributed by atoms with van der Waals surface area (Å²) in [6, 6.07) is 6.16. The quantitative estimate of drug-likeness (QED) is 0.366. The normalized spacial score (nSPS) is 20.6. The molecule has 0 spiro atoms. The van der Waals surface area contributed by atoms with E-state index in [4.69, 9.17) is 17.3 Å². The number of anilines is 1. The van der Waals surface area contributed by atoms with E-state index >= 15 is 0 Å². The second-order valence-electron chi connectivity index (χ2n) is 9.04. The van der Waals surface area contributed by atoms with Gasteiger partial charge in [-0.15, -0.1) is 0 Å². The molecule has 3 unspecified atom stereocenters. The maximum absolute atomic E-state index is 14.6. The van der Waals surface area contributed by atoms with Crippen LogP contribution in [0.2, 0.25) is 5.02 Å². The van der Waals surface area contributed by atoms with Crippen molar-refractivity contribution in [1.29, 1.82) is 0 Å². The summed E-state index contributed by atoms with van der Waals surface area (Å²) in [6.07, 6.45) is 4.15. The SMILES string of the molecule is CC(C)c1ncnc2c1ccn2C1C=C(CCc2cc(F)c3cc(Cl)c(N)nc3c2)C(O)C1O. The third-order valence-electron chi connectivity index (χ3n) is 6.47. The zero-order chi connectivity index (χ0) is 24.1. The Hall–Kier alpha value is -3.07. The summed E-state index contributed by atoms with van der Waals surface area (Å²) in [6.45, 7) is 4.14. The highest BCUT2D eigenvalue weighted by Crippen LogP contribution is 2.35. The van der Waals surface area contributed by atoms with Crippen molar-refractivity contribution in [2.75, 3.05) is 5.73 Å². The van der Waals surface area contributed by atoms with Crippen LogP contribution in [0.3, 0.4) is 0 Å². The van der Waals surface area contributed by atoms with Crippen LogP contribution in [0.1, 0.15) is 43.5 Å². The van der Waals surface area contributed by atoms with Crippen LogP contribution >= 0.6 is 11.6 Å². The summed E-state index contributed by atoms with van der Waals surface area (Å²) in [5.74, 6) is -0.0519. The summed E-state index contributed by atoms with van der Waals surface area (Å²) in [5.41, 5.74) is 9.26. The summed E-state index contributed by atoms with van der Waals surface area (Å²) in [5, 5.41) is 23.0. The van der Waals surface area contributed by atoms with E-state index in [0.29, 0.717) is 40.5 Å². The highest BCUT2D eigenvalue weighted by molar-refractivity contribution is 6.33. The van der Waals surface area contributed by atoms with E-state index < -0.39 is 24.1 Å². The van der Waals surface area contributed by atoms with Crippen molar-refractivity contribution in [2.45, 2.75) is 50.9 Å². The van der Waals surface area contributed by atoms with Gasteiger partial charge in [-0.3, -0.25) is 0 Å². The molecule has 176 valence electrons. The van der Waals surface area contributed by atoms with Crippen LogP contribution in [0.5, 0.6) is 0 Å². The molecule has 0 saturated heterocycles. The van der Waals surface area contributed by atoms with Crippen LogP contribution in [-0.4, -0.2) is 41.9 Å². The van der Waals surface area contributed by atoms with E-state index in [-0.39, 0.29) is 16.8 Å². The van der Waals surface area contributed by atoms with Crippen LogP contribution in [0.4, 0.5) is 10.2 Å². The third kappa shape index (κ3) is 3.81. The Morgan fingerprint density at radius 3 is 2.71 bits per heavy atom. The minimum atomic E-state index is -1.02. The number of aryl methyl sites for hydroxylation is 1. The van der Waals surface area contributed by atoms with Gasteiger partial charge in [0.05, 0.1) is 22.3 Å². The van der Waals surface area contributed by atoms with Crippen molar-refractivity contribution in [3.05, 3.63) is 70.5 Å². The van der Waals surface area contributed by atoms with Crippen LogP contribution in [0, 0.1) is 5.82 Å². The molecule has 1 aliphatic rings. The van der Waals surface area contributed by atoms with Crippen molar-refractivity contribution < 1.29 is 14.6 Å². The number of pyridine rings is 1. The largest absolute Gasteiger partial charge is 0.388 e. The molecule has 9 heteroatoms. The highest BCUT2D eigenvalue weighted by Gasteiger charge is 2.36. The van der Waals surface area contributed by atoms with Crippen molar-refractivity contribution >= 4 is 39.4 Å². The number of hydrogen-bond donors (Lipinski definition) is 3. The third-order valence-corrected chi connectivity index (χ3v) is 6.78. The van der Waals surface area contributed by atoms with Gasteiger partial charge in [0.25, 0.3) is 0 Å². The number of benzene rings is 1.